The maximum absolute atomic E-state index is 12.5. The predicted molar refractivity (Wildman–Crippen MR) is 92.6 cm³/mol. The molecule has 24 heavy (non-hydrogen) atoms. The molecule has 3 nitrogen and oxygen atoms in total. The highest BCUT2D eigenvalue weighted by Gasteiger charge is 2.19. The van der Waals surface area contributed by atoms with Crippen LogP contribution in [0.5, 0.6) is 5.75 Å². The van der Waals surface area contributed by atoms with Gasteiger partial charge in [0.25, 0.3) is 5.91 Å². The van der Waals surface area contributed by atoms with Crippen molar-refractivity contribution in [3.8, 4) is 5.75 Å². The summed E-state index contributed by atoms with van der Waals surface area (Å²) >= 11 is 7.51. The first-order valence-electron chi connectivity index (χ1n) is 6.99. The van der Waals surface area contributed by atoms with E-state index < -0.39 is 12.5 Å². The molecule has 3 aromatic rings. The number of hydrogen-bond acceptors (Lipinski definition) is 3. The molecule has 0 bridgehead atoms. The fourth-order valence-electron chi connectivity index (χ4n) is 2.28. The van der Waals surface area contributed by atoms with E-state index in [1.807, 2.05) is 24.3 Å². The standard InChI is InChI=1S/C17H12ClF2NO2S/c1-9-6-7-12(23-17(19)20)11(8-9)21-16(22)15-14(18)10-4-2-3-5-13(10)24-15/h2-8,17H,1H3,(H,21,22). The summed E-state index contributed by atoms with van der Waals surface area (Å²) in [6.45, 7) is -1.19. The van der Waals surface area contributed by atoms with Crippen molar-refractivity contribution >= 4 is 44.6 Å². The molecule has 0 radical (unpaired) electrons. The Labute approximate surface area is 145 Å². The van der Waals surface area contributed by atoms with E-state index >= 15 is 0 Å². The number of amides is 1. The van der Waals surface area contributed by atoms with Crippen molar-refractivity contribution in [1.82, 2.24) is 0 Å². The minimum Gasteiger partial charge on any atom is -0.433 e. The normalized spacial score (nSPS) is 11.0. The van der Waals surface area contributed by atoms with Gasteiger partial charge in [-0.1, -0.05) is 35.9 Å². The van der Waals surface area contributed by atoms with Gasteiger partial charge in [-0.15, -0.1) is 11.3 Å². The Morgan fingerprint density at radius 3 is 2.71 bits per heavy atom. The quantitative estimate of drug-likeness (QED) is 0.640. The number of nitrogens with one attached hydrogen (secondary N) is 1. The highest BCUT2D eigenvalue weighted by Crippen LogP contribution is 2.36. The molecule has 0 aliphatic carbocycles. The molecule has 1 aromatic heterocycles. The summed E-state index contributed by atoms with van der Waals surface area (Å²) in [6.07, 6.45) is 0. The fraction of sp³-hybridized carbons (Fsp3) is 0.118. The van der Waals surface area contributed by atoms with Crippen molar-refractivity contribution in [1.29, 1.82) is 0 Å². The number of fused-ring (bicyclic) bond motifs is 1. The van der Waals surface area contributed by atoms with Crippen LogP contribution >= 0.6 is 22.9 Å². The highest BCUT2D eigenvalue weighted by molar-refractivity contribution is 7.21. The predicted octanol–water partition coefficient (Wildman–Crippen LogP) is 5.72. The number of anilines is 1. The number of carbonyl (C=O) groups is 1. The number of halogens is 3. The van der Waals surface area contributed by atoms with E-state index in [0.29, 0.717) is 9.90 Å². The molecule has 0 saturated carbocycles. The molecule has 0 fully saturated rings. The molecule has 3 rings (SSSR count). The second-order valence-electron chi connectivity index (χ2n) is 5.07. The van der Waals surface area contributed by atoms with Gasteiger partial charge in [-0.05, 0) is 30.7 Å². The van der Waals surface area contributed by atoms with Crippen LogP contribution in [0.25, 0.3) is 10.1 Å². The van der Waals surface area contributed by atoms with Gasteiger partial charge >= 0.3 is 6.61 Å². The van der Waals surface area contributed by atoms with E-state index in [1.165, 1.54) is 17.4 Å². The van der Waals surface area contributed by atoms with Crippen LogP contribution in [0.4, 0.5) is 14.5 Å². The van der Waals surface area contributed by atoms with Gasteiger partial charge in [-0.25, -0.2) is 0 Å². The van der Waals surface area contributed by atoms with Crippen molar-refractivity contribution in [3.05, 3.63) is 57.9 Å². The van der Waals surface area contributed by atoms with Gasteiger partial charge in [0.2, 0.25) is 0 Å². The monoisotopic (exact) mass is 367 g/mol. The Kier molecular flexibility index (Phi) is 4.69. The minimum absolute atomic E-state index is 0.0961. The molecule has 0 atom stereocenters. The maximum atomic E-state index is 12.5. The van der Waals surface area contributed by atoms with Crippen molar-refractivity contribution in [2.24, 2.45) is 0 Å². The molecule has 0 aliphatic rings. The lowest BCUT2D eigenvalue weighted by Crippen LogP contribution is -2.13. The summed E-state index contributed by atoms with van der Waals surface area (Å²) in [4.78, 5) is 12.8. The summed E-state index contributed by atoms with van der Waals surface area (Å²) in [6, 6.07) is 12.0. The van der Waals surface area contributed by atoms with Gasteiger partial charge in [0.15, 0.2) is 0 Å². The molecule has 124 valence electrons. The molecule has 0 aliphatic heterocycles. The molecule has 0 unspecified atom stereocenters. The average Bonchev–Trinajstić information content (AvgIpc) is 2.87. The summed E-state index contributed by atoms with van der Waals surface area (Å²) in [5, 5.41) is 3.73. The van der Waals surface area contributed by atoms with E-state index in [9.17, 15) is 13.6 Å². The van der Waals surface area contributed by atoms with E-state index in [-0.39, 0.29) is 11.4 Å². The number of hydrogen-bond donors (Lipinski definition) is 1. The third-order valence-electron chi connectivity index (χ3n) is 3.34. The van der Waals surface area contributed by atoms with Crippen LogP contribution in [0.3, 0.4) is 0 Å². The van der Waals surface area contributed by atoms with Crippen LogP contribution in [0.2, 0.25) is 5.02 Å². The van der Waals surface area contributed by atoms with Crippen LogP contribution < -0.4 is 10.1 Å². The van der Waals surface area contributed by atoms with Crippen molar-refractivity contribution in [3.63, 3.8) is 0 Å². The fourth-order valence-corrected chi connectivity index (χ4v) is 3.69. The molecule has 1 amide bonds. The zero-order valence-corrected chi connectivity index (χ0v) is 14.0. The molecule has 1 heterocycles. The molecular formula is C17H12ClF2NO2S. The van der Waals surface area contributed by atoms with Gasteiger partial charge in [0, 0.05) is 10.1 Å². The number of rotatable bonds is 4. The van der Waals surface area contributed by atoms with Crippen LogP contribution in [0.15, 0.2) is 42.5 Å². The van der Waals surface area contributed by atoms with Crippen LogP contribution in [0, 0.1) is 6.92 Å². The Bertz CT molecular complexity index is 911. The number of ether oxygens (including phenoxy) is 1. The summed E-state index contributed by atoms with van der Waals surface area (Å²) in [5.74, 6) is -0.563. The van der Waals surface area contributed by atoms with Gasteiger partial charge in [-0.3, -0.25) is 4.79 Å². The first-order valence-corrected chi connectivity index (χ1v) is 8.19. The lowest BCUT2D eigenvalue weighted by atomic mass is 10.2. The SMILES string of the molecule is Cc1ccc(OC(F)F)c(NC(=O)c2sc3ccccc3c2Cl)c1. The minimum atomic E-state index is -2.98. The molecule has 7 heteroatoms. The van der Waals surface area contributed by atoms with E-state index in [0.717, 1.165) is 15.6 Å². The van der Waals surface area contributed by atoms with Crippen LogP contribution in [0.1, 0.15) is 15.2 Å². The van der Waals surface area contributed by atoms with Crippen LogP contribution in [-0.4, -0.2) is 12.5 Å². The average molecular weight is 368 g/mol. The summed E-state index contributed by atoms with van der Waals surface area (Å²) in [7, 11) is 0. The number of alkyl halides is 2. The molecule has 1 N–H and O–H groups in total. The lowest BCUT2D eigenvalue weighted by Gasteiger charge is -2.12. The van der Waals surface area contributed by atoms with E-state index in [4.69, 9.17) is 11.6 Å². The van der Waals surface area contributed by atoms with Crippen molar-refractivity contribution < 1.29 is 18.3 Å². The highest BCUT2D eigenvalue weighted by atomic mass is 35.5. The molecular weight excluding hydrogens is 356 g/mol. The second kappa shape index (κ2) is 6.75. The lowest BCUT2D eigenvalue weighted by molar-refractivity contribution is -0.0493. The van der Waals surface area contributed by atoms with Gasteiger partial charge in [-0.2, -0.15) is 8.78 Å². The Morgan fingerprint density at radius 2 is 2.00 bits per heavy atom. The second-order valence-corrected chi connectivity index (χ2v) is 6.50. The number of thiophene rings is 1. The molecule has 0 saturated heterocycles. The van der Waals surface area contributed by atoms with E-state index in [2.05, 4.69) is 10.1 Å². The van der Waals surface area contributed by atoms with Crippen LogP contribution in [-0.2, 0) is 0 Å². The molecule has 2 aromatic carbocycles. The zero-order chi connectivity index (χ0) is 17.3. The van der Waals surface area contributed by atoms with Gasteiger partial charge in [0.05, 0.1) is 10.7 Å². The Morgan fingerprint density at radius 1 is 1.25 bits per heavy atom. The Balaban J connectivity index is 1.94. The number of carbonyl (C=O) groups excluding carboxylic acids is 1. The summed E-state index contributed by atoms with van der Waals surface area (Å²) in [5.41, 5.74) is 0.975. The first kappa shape index (κ1) is 16.7. The largest absolute Gasteiger partial charge is 0.433 e. The Hall–Kier alpha value is -2.18. The first-order chi connectivity index (χ1) is 11.5. The molecule has 0 spiro atoms. The summed E-state index contributed by atoms with van der Waals surface area (Å²) < 4.78 is 30.3. The van der Waals surface area contributed by atoms with Gasteiger partial charge < -0.3 is 10.1 Å². The maximum Gasteiger partial charge on any atom is 0.387 e. The third-order valence-corrected chi connectivity index (χ3v) is 5.01. The number of benzene rings is 2. The smallest absolute Gasteiger partial charge is 0.387 e. The third kappa shape index (κ3) is 3.34. The number of aryl methyl sites for hydroxylation is 1. The van der Waals surface area contributed by atoms with E-state index in [1.54, 1.807) is 19.1 Å². The topological polar surface area (TPSA) is 38.3 Å². The van der Waals surface area contributed by atoms with Gasteiger partial charge in [0.1, 0.15) is 10.6 Å². The van der Waals surface area contributed by atoms with Crippen molar-refractivity contribution in [2.45, 2.75) is 13.5 Å². The zero-order valence-electron chi connectivity index (χ0n) is 12.5. The van der Waals surface area contributed by atoms with Crippen molar-refractivity contribution in [2.75, 3.05) is 5.32 Å².